The van der Waals surface area contributed by atoms with Gasteiger partial charge in [0.1, 0.15) is 23.7 Å². The van der Waals surface area contributed by atoms with Crippen molar-refractivity contribution in [3.63, 3.8) is 0 Å². The number of rotatable bonds is 5. The molecule has 14 nitrogen and oxygen atoms in total. The van der Waals surface area contributed by atoms with Crippen molar-refractivity contribution in [3.8, 4) is 17.2 Å². The minimum atomic E-state index is -1.36. The lowest BCUT2D eigenvalue weighted by atomic mass is 9.97. The molecule has 4 atom stereocenters. The molecule has 2 aromatic rings. The monoisotopic (exact) mass is 727 g/mol. The standard InChI is InChI=1S/C37H50FN5O9/c1-5-22(2)32-35(47)40-21-24-17-27(38)20-28(18-24)52-30-19-26(8-9-29(30)50-4)34(46)39-12-14-43(37(49)25-10-15-51-16-11-25)13-6-7-31(45)41-33(23(3)44)36(48)42-32/h8-9,17-20,22-23,25,32-33,44H,5-7,10-16,21H2,1-4H3,(H,39,46)(H,40,47)(H,41,45)(H,42,48)/t22-,23+,32-,33-/m0/s1. The van der Waals surface area contributed by atoms with E-state index in [4.69, 9.17) is 14.2 Å². The summed E-state index contributed by atoms with van der Waals surface area (Å²) in [6, 6.07) is 6.07. The number of methoxy groups -OCH3 is 1. The van der Waals surface area contributed by atoms with E-state index in [1.165, 1.54) is 32.2 Å². The molecule has 2 aromatic carbocycles. The van der Waals surface area contributed by atoms with Gasteiger partial charge < -0.3 is 45.5 Å². The number of ether oxygens (including phenoxy) is 3. The molecule has 2 heterocycles. The summed E-state index contributed by atoms with van der Waals surface area (Å²) in [5.74, 6) is -3.08. The second-order valence-electron chi connectivity index (χ2n) is 13.2. The highest BCUT2D eigenvalue weighted by Crippen LogP contribution is 2.33. The van der Waals surface area contributed by atoms with Gasteiger partial charge in [0.05, 0.1) is 13.2 Å². The molecule has 4 rings (SSSR count). The number of carbonyl (C=O) groups is 5. The van der Waals surface area contributed by atoms with E-state index in [0.29, 0.717) is 38.0 Å². The van der Waals surface area contributed by atoms with Crippen molar-refractivity contribution in [2.75, 3.05) is 40.0 Å². The number of benzene rings is 2. The fourth-order valence-corrected chi connectivity index (χ4v) is 6.07. The van der Waals surface area contributed by atoms with Gasteiger partial charge in [-0.25, -0.2) is 4.39 Å². The predicted molar refractivity (Wildman–Crippen MR) is 188 cm³/mol. The van der Waals surface area contributed by atoms with E-state index >= 15 is 0 Å². The first-order valence-corrected chi connectivity index (χ1v) is 17.8. The SMILES string of the molecule is CC[C@H](C)[C@@H]1NC(=O)[C@H]([C@@H](C)O)NC(=O)CCCN(C(=O)C2CCOCC2)CCNC(=O)c2ccc(OC)c(c2)Oc2cc(F)cc(c2)CNC1=O. The van der Waals surface area contributed by atoms with Crippen LogP contribution >= 0.6 is 0 Å². The highest BCUT2D eigenvalue weighted by Gasteiger charge is 2.32. The average molecular weight is 728 g/mol. The second kappa shape index (κ2) is 19.2. The normalized spacial score (nSPS) is 21.6. The number of carbonyl (C=O) groups excluding carboxylic acids is 5. The van der Waals surface area contributed by atoms with Crippen molar-refractivity contribution >= 4 is 29.5 Å². The minimum Gasteiger partial charge on any atom is -0.493 e. The maximum Gasteiger partial charge on any atom is 0.251 e. The Labute approximate surface area is 303 Å². The Morgan fingerprint density at radius 3 is 2.44 bits per heavy atom. The molecule has 2 aliphatic heterocycles. The largest absolute Gasteiger partial charge is 0.493 e. The number of hydrogen-bond acceptors (Lipinski definition) is 9. The van der Waals surface area contributed by atoms with Crippen LogP contribution in [-0.2, 0) is 30.5 Å². The third kappa shape index (κ3) is 11.1. The zero-order valence-corrected chi connectivity index (χ0v) is 30.2. The number of nitrogens with zero attached hydrogens (tertiary/aromatic N) is 1. The van der Waals surface area contributed by atoms with Crippen LogP contribution in [0.1, 0.15) is 68.8 Å². The molecule has 1 saturated heterocycles. The highest BCUT2D eigenvalue weighted by atomic mass is 19.1. The van der Waals surface area contributed by atoms with Gasteiger partial charge >= 0.3 is 0 Å². The Morgan fingerprint density at radius 1 is 1.00 bits per heavy atom. The summed E-state index contributed by atoms with van der Waals surface area (Å²) in [5.41, 5.74) is 0.591. The smallest absolute Gasteiger partial charge is 0.251 e. The van der Waals surface area contributed by atoms with Gasteiger partial charge in [0.25, 0.3) is 5.91 Å². The average Bonchev–Trinajstić information content (AvgIpc) is 3.13. The van der Waals surface area contributed by atoms with Gasteiger partial charge in [-0.15, -0.1) is 0 Å². The van der Waals surface area contributed by atoms with Gasteiger partial charge in [-0.2, -0.15) is 0 Å². The Hall–Kier alpha value is -4.76. The summed E-state index contributed by atoms with van der Waals surface area (Å²) in [4.78, 5) is 68.3. The third-order valence-electron chi connectivity index (χ3n) is 9.31. The van der Waals surface area contributed by atoms with Gasteiger partial charge in [0.15, 0.2) is 11.5 Å². The lowest BCUT2D eigenvalue weighted by Gasteiger charge is -2.30. The molecule has 0 radical (unpaired) electrons. The van der Waals surface area contributed by atoms with Crippen LogP contribution < -0.4 is 30.7 Å². The topological polar surface area (TPSA) is 185 Å². The quantitative estimate of drug-likeness (QED) is 0.309. The number of amides is 5. The van der Waals surface area contributed by atoms with Crippen LogP contribution in [0.25, 0.3) is 0 Å². The number of halogens is 1. The summed E-state index contributed by atoms with van der Waals surface area (Å²) in [7, 11) is 1.43. The first-order valence-electron chi connectivity index (χ1n) is 17.8. The Balaban J connectivity index is 1.64. The first kappa shape index (κ1) is 40.0. The zero-order chi connectivity index (χ0) is 37.8. The van der Waals surface area contributed by atoms with Gasteiger partial charge in [-0.3, -0.25) is 24.0 Å². The van der Waals surface area contributed by atoms with E-state index in [1.807, 2.05) is 6.92 Å². The zero-order valence-electron chi connectivity index (χ0n) is 30.2. The molecule has 2 aliphatic rings. The van der Waals surface area contributed by atoms with E-state index < -0.39 is 47.6 Å². The Bertz CT molecular complexity index is 1580. The molecule has 4 bridgehead atoms. The van der Waals surface area contributed by atoms with Crippen LogP contribution in [0.3, 0.4) is 0 Å². The van der Waals surface area contributed by atoms with Crippen LogP contribution in [0, 0.1) is 17.7 Å². The van der Waals surface area contributed by atoms with Crippen molar-refractivity contribution in [2.24, 2.45) is 11.8 Å². The van der Waals surface area contributed by atoms with E-state index in [2.05, 4.69) is 21.3 Å². The second-order valence-corrected chi connectivity index (χ2v) is 13.2. The van der Waals surface area contributed by atoms with Crippen LogP contribution in [0.5, 0.6) is 17.2 Å². The van der Waals surface area contributed by atoms with Crippen molar-refractivity contribution in [2.45, 2.75) is 77.6 Å². The van der Waals surface area contributed by atoms with E-state index in [9.17, 15) is 33.5 Å². The molecule has 0 unspecified atom stereocenters. The van der Waals surface area contributed by atoms with E-state index in [-0.39, 0.29) is 79.6 Å². The molecular formula is C37H50FN5O9. The summed E-state index contributed by atoms with van der Waals surface area (Å²) < 4.78 is 31.6. The fraction of sp³-hybridized carbons (Fsp3) is 0.541. The molecule has 0 aliphatic carbocycles. The van der Waals surface area contributed by atoms with E-state index in [0.717, 1.165) is 6.07 Å². The molecule has 0 spiro atoms. The predicted octanol–water partition coefficient (Wildman–Crippen LogP) is 2.42. The Morgan fingerprint density at radius 2 is 1.75 bits per heavy atom. The van der Waals surface area contributed by atoms with Crippen LogP contribution in [0.4, 0.5) is 4.39 Å². The number of nitrogens with one attached hydrogen (secondary N) is 4. The van der Waals surface area contributed by atoms with Crippen molar-refractivity contribution in [1.82, 2.24) is 26.2 Å². The fourth-order valence-electron chi connectivity index (χ4n) is 6.07. The van der Waals surface area contributed by atoms with Crippen LogP contribution in [0.2, 0.25) is 0 Å². The molecule has 1 fully saturated rings. The summed E-state index contributed by atoms with van der Waals surface area (Å²) in [5, 5.41) is 21.3. The molecule has 5 N–H and O–H groups in total. The first-order chi connectivity index (χ1) is 24.9. The number of aliphatic hydroxyl groups excluding tert-OH is 1. The van der Waals surface area contributed by atoms with E-state index in [1.54, 1.807) is 24.0 Å². The lowest BCUT2D eigenvalue weighted by Crippen LogP contribution is -2.58. The maximum atomic E-state index is 14.8. The number of aliphatic hydroxyl groups is 1. The number of hydrogen-bond donors (Lipinski definition) is 5. The summed E-state index contributed by atoms with van der Waals surface area (Å²) in [6.45, 7) is 6.29. The lowest BCUT2D eigenvalue weighted by molar-refractivity contribution is -0.139. The Kier molecular flexibility index (Phi) is 14.8. The number of fused-ring (bicyclic) bond motifs is 4. The molecule has 15 heteroatoms. The highest BCUT2D eigenvalue weighted by molar-refractivity contribution is 5.95. The molecule has 284 valence electrons. The molecular weight excluding hydrogens is 677 g/mol. The van der Waals surface area contributed by atoms with Gasteiger partial charge in [-0.05, 0) is 68.0 Å². The molecule has 0 aromatic heterocycles. The van der Waals surface area contributed by atoms with Gasteiger partial charge in [-0.1, -0.05) is 20.3 Å². The van der Waals surface area contributed by atoms with Gasteiger partial charge in [0, 0.05) is 63.4 Å². The van der Waals surface area contributed by atoms with Gasteiger partial charge in [0.2, 0.25) is 23.6 Å². The summed E-state index contributed by atoms with van der Waals surface area (Å²) in [6.07, 6.45) is 0.543. The minimum absolute atomic E-state index is 0.0556. The maximum absolute atomic E-state index is 14.8. The third-order valence-corrected chi connectivity index (χ3v) is 9.31. The summed E-state index contributed by atoms with van der Waals surface area (Å²) >= 11 is 0. The van der Waals surface area contributed by atoms with Crippen LogP contribution in [-0.4, -0.2) is 97.7 Å². The molecule has 52 heavy (non-hydrogen) atoms. The molecule has 5 amide bonds. The van der Waals surface area contributed by atoms with Crippen molar-refractivity contribution in [3.05, 3.63) is 53.3 Å². The van der Waals surface area contributed by atoms with Crippen molar-refractivity contribution < 1.29 is 47.7 Å². The molecule has 0 saturated carbocycles. The van der Waals surface area contributed by atoms with Crippen LogP contribution in [0.15, 0.2) is 36.4 Å². The van der Waals surface area contributed by atoms with Crippen molar-refractivity contribution in [1.29, 1.82) is 0 Å².